The summed E-state index contributed by atoms with van der Waals surface area (Å²) >= 11 is 0. The van der Waals surface area contributed by atoms with Gasteiger partial charge in [-0.15, -0.1) is 0 Å². The molecule has 0 spiro atoms. The molecule has 1 aliphatic rings. The fourth-order valence-electron chi connectivity index (χ4n) is 3.05. The van der Waals surface area contributed by atoms with Gasteiger partial charge in [-0.05, 0) is 31.2 Å². The number of morpholine rings is 1. The lowest BCUT2D eigenvalue weighted by atomic mass is 10.2. The second-order valence-electron chi connectivity index (χ2n) is 6.01. The Balaban J connectivity index is 1.68. The van der Waals surface area contributed by atoms with Crippen molar-refractivity contribution >= 4 is 23.0 Å². The quantitative estimate of drug-likeness (QED) is 0.879. The van der Waals surface area contributed by atoms with E-state index >= 15 is 0 Å². The van der Waals surface area contributed by atoms with Crippen LogP contribution in [-0.2, 0) is 9.53 Å². The fourth-order valence-corrected chi connectivity index (χ4v) is 3.05. The molecule has 0 radical (unpaired) electrons. The van der Waals surface area contributed by atoms with Crippen LogP contribution in [0.4, 0.5) is 17.1 Å². The first-order chi connectivity index (χ1) is 12.3. The molecule has 1 aliphatic heterocycles. The SMILES string of the molecule is CCN(CC(=O)Nc1ccccc1N1CCOCC1)c1ccccc1. The zero-order valence-corrected chi connectivity index (χ0v) is 14.6. The molecule has 0 aliphatic carbocycles. The maximum Gasteiger partial charge on any atom is 0.243 e. The van der Waals surface area contributed by atoms with Crippen LogP contribution in [0.5, 0.6) is 0 Å². The van der Waals surface area contributed by atoms with Crippen molar-refractivity contribution in [1.82, 2.24) is 0 Å². The number of hydrogen-bond donors (Lipinski definition) is 1. The van der Waals surface area contributed by atoms with E-state index in [1.807, 2.05) is 48.5 Å². The minimum atomic E-state index is -0.00795. The molecule has 1 N–H and O–H groups in total. The lowest BCUT2D eigenvalue weighted by Crippen LogP contribution is -2.37. The summed E-state index contributed by atoms with van der Waals surface area (Å²) < 4.78 is 5.42. The van der Waals surface area contributed by atoms with Gasteiger partial charge in [0.15, 0.2) is 0 Å². The summed E-state index contributed by atoms with van der Waals surface area (Å²) in [5.41, 5.74) is 2.97. The fraction of sp³-hybridized carbons (Fsp3) is 0.350. The van der Waals surface area contributed by atoms with E-state index in [2.05, 4.69) is 28.1 Å². The number of para-hydroxylation sites is 3. The van der Waals surface area contributed by atoms with Gasteiger partial charge in [0, 0.05) is 25.3 Å². The number of hydrogen-bond acceptors (Lipinski definition) is 4. The largest absolute Gasteiger partial charge is 0.378 e. The average Bonchev–Trinajstić information content (AvgIpc) is 2.68. The van der Waals surface area contributed by atoms with Crippen LogP contribution >= 0.6 is 0 Å². The Hall–Kier alpha value is -2.53. The standard InChI is InChI=1S/C20H25N3O2/c1-2-22(17-8-4-3-5-9-17)16-20(24)21-18-10-6-7-11-19(18)23-12-14-25-15-13-23/h3-11H,2,12-16H2,1H3,(H,21,24). The zero-order valence-electron chi connectivity index (χ0n) is 14.6. The van der Waals surface area contributed by atoms with Crippen molar-refractivity contribution < 1.29 is 9.53 Å². The van der Waals surface area contributed by atoms with Crippen LogP contribution in [0.15, 0.2) is 54.6 Å². The average molecular weight is 339 g/mol. The van der Waals surface area contributed by atoms with Gasteiger partial charge < -0.3 is 19.9 Å². The predicted octanol–water partition coefficient (Wildman–Crippen LogP) is 2.99. The van der Waals surface area contributed by atoms with E-state index in [1.165, 1.54) is 0 Å². The number of amides is 1. The molecule has 0 aromatic heterocycles. The monoisotopic (exact) mass is 339 g/mol. The topological polar surface area (TPSA) is 44.8 Å². The maximum absolute atomic E-state index is 12.6. The zero-order chi connectivity index (χ0) is 17.5. The van der Waals surface area contributed by atoms with Gasteiger partial charge in [-0.3, -0.25) is 4.79 Å². The Kier molecular flexibility index (Phi) is 5.90. The summed E-state index contributed by atoms with van der Waals surface area (Å²) in [4.78, 5) is 16.9. The molecule has 25 heavy (non-hydrogen) atoms. The van der Waals surface area contributed by atoms with Gasteiger partial charge in [0.05, 0.1) is 31.1 Å². The minimum Gasteiger partial charge on any atom is -0.378 e. The second kappa shape index (κ2) is 8.53. The third-order valence-electron chi connectivity index (χ3n) is 4.37. The second-order valence-corrected chi connectivity index (χ2v) is 6.01. The summed E-state index contributed by atoms with van der Waals surface area (Å²) in [6.07, 6.45) is 0. The molecule has 0 bridgehead atoms. The number of carbonyl (C=O) groups excluding carboxylic acids is 1. The molecule has 1 heterocycles. The highest BCUT2D eigenvalue weighted by molar-refractivity contribution is 5.97. The molecular weight excluding hydrogens is 314 g/mol. The van der Waals surface area contributed by atoms with Crippen LogP contribution in [0.3, 0.4) is 0 Å². The molecule has 3 rings (SSSR count). The van der Waals surface area contributed by atoms with Crippen LogP contribution < -0.4 is 15.1 Å². The Labute approximate surface area is 149 Å². The number of carbonyl (C=O) groups is 1. The molecule has 1 fully saturated rings. The summed E-state index contributed by atoms with van der Waals surface area (Å²) in [7, 11) is 0. The Morgan fingerprint density at radius 1 is 1.08 bits per heavy atom. The van der Waals surface area contributed by atoms with Gasteiger partial charge in [-0.2, -0.15) is 0 Å². The number of benzene rings is 2. The third kappa shape index (κ3) is 4.51. The molecule has 2 aromatic carbocycles. The van der Waals surface area contributed by atoms with Crippen LogP contribution in [0.25, 0.3) is 0 Å². The highest BCUT2D eigenvalue weighted by Gasteiger charge is 2.16. The number of likely N-dealkylation sites (N-methyl/N-ethyl adjacent to an activating group) is 1. The normalized spacial score (nSPS) is 14.2. The van der Waals surface area contributed by atoms with Crippen molar-refractivity contribution in [1.29, 1.82) is 0 Å². The minimum absolute atomic E-state index is 0.00795. The van der Waals surface area contributed by atoms with Gasteiger partial charge >= 0.3 is 0 Å². The van der Waals surface area contributed by atoms with Crippen molar-refractivity contribution in [3.8, 4) is 0 Å². The summed E-state index contributed by atoms with van der Waals surface area (Å²) in [5, 5.41) is 3.08. The van der Waals surface area contributed by atoms with Crippen molar-refractivity contribution in [3.05, 3.63) is 54.6 Å². The number of ether oxygens (including phenoxy) is 1. The Bertz CT molecular complexity index is 684. The molecule has 1 saturated heterocycles. The summed E-state index contributed by atoms with van der Waals surface area (Å²) in [6, 6.07) is 18.0. The van der Waals surface area contributed by atoms with Gasteiger partial charge in [0.25, 0.3) is 0 Å². The van der Waals surface area contributed by atoms with Gasteiger partial charge in [-0.25, -0.2) is 0 Å². The lowest BCUT2D eigenvalue weighted by Gasteiger charge is -2.30. The van der Waals surface area contributed by atoms with Crippen LogP contribution in [0, 0.1) is 0 Å². The summed E-state index contributed by atoms with van der Waals surface area (Å²) in [5.74, 6) is -0.00795. The van der Waals surface area contributed by atoms with E-state index < -0.39 is 0 Å². The highest BCUT2D eigenvalue weighted by atomic mass is 16.5. The molecule has 1 amide bonds. The van der Waals surface area contributed by atoms with E-state index in [0.717, 1.165) is 49.9 Å². The Morgan fingerprint density at radius 2 is 1.76 bits per heavy atom. The molecule has 0 atom stereocenters. The first kappa shape index (κ1) is 17.3. The molecule has 2 aromatic rings. The first-order valence-electron chi connectivity index (χ1n) is 8.79. The van der Waals surface area contributed by atoms with Crippen LogP contribution in [0.2, 0.25) is 0 Å². The van der Waals surface area contributed by atoms with Gasteiger partial charge in [-0.1, -0.05) is 30.3 Å². The lowest BCUT2D eigenvalue weighted by molar-refractivity contribution is -0.115. The van der Waals surface area contributed by atoms with E-state index in [-0.39, 0.29) is 5.91 Å². The van der Waals surface area contributed by atoms with Gasteiger partial charge in [0.2, 0.25) is 5.91 Å². The molecule has 5 nitrogen and oxygen atoms in total. The Morgan fingerprint density at radius 3 is 2.48 bits per heavy atom. The van der Waals surface area contributed by atoms with E-state index in [0.29, 0.717) is 6.54 Å². The molecule has 0 saturated carbocycles. The summed E-state index contributed by atoms with van der Waals surface area (Å²) in [6.45, 7) is 6.30. The van der Waals surface area contributed by atoms with Crippen LogP contribution in [-0.4, -0.2) is 45.3 Å². The number of rotatable bonds is 6. The van der Waals surface area contributed by atoms with Gasteiger partial charge in [0.1, 0.15) is 0 Å². The number of anilines is 3. The third-order valence-corrected chi connectivity index (χ3v) is 4.37. The molecular formula is C20H25N3O2. The number of nitrogens with one attached hydrogen (secondary N) is 1. The smallest absolute Gasteiger partial charge is 0.243 e. The molecule has 5 heteroatoms. The van der Waals surface area contributed by atoms with Crippen molar-refractivity contribution in [2.24, 2.45) is 0 Å². The van der Waals surface area contributed by atoms with Crippen LogP contribution in [0.1, 0.15) is 6.92 Å². The van der Waals surface area contributed by atoms with Crippen molar-refractivity contribution in [3.63, 3.8) is 0 Å². The maximum atomic E-state index is 12.6. The van der Waals surface area contributed by atoms with E-state index in [4.69, 9.17) is 4.74 Å². The molecule has 0 unspecified atom stereocenters. The van der Waals surface area contributed by atoms with E-state index in [1.54, 1.807) is 0 Å². The first-order valence-corrected chi connectivity index (χ1v) is 8.79. The van der Waals surface area contributed by atoms with Crippen molar-refractivity contribution in [2.45, 2.75) is 6.92 Å². The van der Waals surface area contributed by atoms with E-state index in [9.17, 15) is 4.79 Å². The highest BCUT2D eigenvalue weighted by Crippen LogP contribution is 2.26. The predicted molar refractivity (Wildman–Crippen MR) is 102 cm³/mol. The van der Waals surface area contributed by atoms with Crippen molar-refractivity contribution in [2.75, 3.05) is 54.5 Å². The molecule has 132 valence electrons. The number of nitrogens with zero attached hydrogens (tertiary/aromatic N) is 2.